The summed E-state index contributed by atoms with van der Waals surface area (Å²) in [4.78, 5) is 30.0. The number of hydrogen-bond donors (Lipinski definition) is 1. The molecule has 0 saturated carbocycles. The summed E-state index contributed by atoms with van der Waals surface area (Å²) in [5, 5.41) is 12.3. The van der Waals surface area contributed by atoms with E-state index in [1.54, 1.807) is 5.38 Å². The van der Waals surface area contributed by atoms with Crippen LogP contribution in [0.25, 0.3) is 0 Å². The van der Waals surface area contributed by atoms with Crippen LogP contribution in [0.5, 0.6) is 5.75 Å². The van der Waals surface area contributed by atoms with Crippen LogP contribution in [0.2, 0.25) is 5.02 Å². The Morgan fingerprint density at radius 2 is 1.96 bits per heavy atom. The lowest BCUT2D eigenvalue weighted by Gasteiger charge is -2.17. The van der Waals surface area contributed by atoms with Crippen LogP contribution in [0.4, 0.5) is 10.8 Å². The highest BCUT2D eigenvalue weighted by Crippen LogP contribution is 2.29. The van der Waals surface area contributed by atoms with E-state index < -0.39 is 5.97 Å². The number of hydrogen-bond acceptors (Lipinski definition) is 6. The Labute approximate surface area is 164 Å². The van der Waals surface area contributed by atoms with E-state index in [1.807, 2.05) is 30.3 Å². The fraction of sp³-hybridized carbons (Fsp3) is 0.105. The van der Waals surface area contributed by atoms with Gasteiger partial charge in [0.15, 0.2) is 5.13 Å². The predicted molar refractivity (Wildman–Crippen MR) is 104 cm³/mol. The Morgan fingerprint density at radius 1 is 1.22 bits per heavy atom. The molecule has 0 saturated heterocycles. The molecule has 0 fully saturated rings. The van der Waals surface area contributed by atoms with Gasteiger partial charge < -0.3 is 9.84 Å². The van der Waals surface area contributed by atoms with Crippen molar-refractivity contribution < 1.29 is 19.4 Å². The molecule has 2 aromatic carbocycles. The maximum atomic E-state index is 12.1. The van der Waals surface area contributed by atoms with Gasteiger partial charge in [-0.25, -0.2) is 9.78 Å². The van der Waals surface area contributed by atoms with Crippen molar-refractivity contribution in [3.63, 3.8) is 0 Å². The number of carbonyl (C=O) groups is 2. The number of carbonyl (C=O) groups excluding carboxylic acids is 2. The van der Waals surface area contributed by atoms with Gasteiger partial charge in [-0.1, -0.05) is 29.8 Å². The van der Waals surface area contributed by atoms with Crippen LogP contribution in [-0.2, 0) is 16.1 Å². The number of phenolic OH excluding ortho intramolecular Hbond substituents is 1. The number of amides is 1. The number of para-hydroxylation sites is 1. The zero-order chi connectivity index (χ0) is 19.4. The van der Waals surface area contributed by atoms with Crippen LogP contribution in [0.15, 0.2) is 53.9 Å². The molecule has 0 radical (unpaired) electrons. The van der Waals surface area contributed by atoms with Crippen molar-refractivity contribution in [1.82, 2.24) is 4.98 Å². The van der Waals surface area contributed by atoms with Crippen molar-refractivity contribution in [2.45, 2.75) is 13.5 Å². The van der Waals surface area contributed by atoms with Crippen molar-refractivity contribution in [3.8, 4) is 5.75 Å². The minimum atomic E-state index is -0.690. The smallest absolute Gasteiger partial charge is 0.342 e. The van der Waals surface area contributed by atoms with Gasteiger partial charge in [-0.05, 0) is 30.3 Å². The van der Waals surface area contributed by atoms with Crippen molar-refractivity contribution in [2.75, 3.05) is 4.90 Å². The minimum Gasteiger partial charge on any atom is -0.507 e. The zero-order valence-electron chi connectivity index (χ0n) is 14.3. The number of benzene rings is 2. The third kappa shape index (κ3) is 4.45. The van der Waals surface area contributed by atoms with E-state index in [4.69, 9.17) is 16.3 Å². The van der Waals surface area contributed by atoms with Gasteiger partial charge in [-0.2, -0.15) is 0 Å². The lowest BCUT2D eigenvalue weighted by Crippen LogP contribution is -2.22. The second-order valence-corrected chi connectivity index (χ2v) is 6.82. The number of anilines is 2. The van der Waals surface area contributed by atoms with E-state index in [9.17, 15) is 14.7 Å². The fourth-order valence-electron chi connectivity index (χ4n) is 2.36. The van der Waals surface area contributed by atoms with E-state index in [0.717, 1.165) is 0 Å². The molecule has 0 atom stereocenters. The topological polar surface area (TPSA) is 79.7 Å². The molecular weight excluding hydrogens is 388 g/mol. The number of ether oxygens (including phenoxy) is 1. The predicted octanol–water partition coefficient (Wildman–Crippen LogP) is 4.54. The van der Waals surface area contributed by atoms with Crippen LogP contribution < -0.4 is 4.90 Å². The number of esters is 1. The Kier molecular flexibility index (Phi) is 5.73. The van der Waals surface area contributed by atoms with Gasteiger partial charge in [-0.15, -0.1) is 11.3 Å². The van der Waals surface area contributed by atoms with Gasteiger partial charge >= 0.3 is 5.97 Å². The Bertz CT molecular complexity index is 975. The van der Waals surface area contributed by atoms with Gasteiger partial charge in [0.2, 0.25) is 5.91 Å². The SMILES string of the molecule is CC(=O)N(c1ccccc1)c1nc(COC(=O)c2ccc(Cl)cc2O)cs1. The summed E-state index contributed by atoms with van der Waals surface area (Å²) in [6.45, 7) is 1.37. The molecule has 0 unspecified atom stereocenters. The number of halogens is 1. The minimum absolute atomic E-state index is 0.0181. The summed E-state index contributed by atoms with van der Waals surface area (Å²) in [6, 6.07) is 13.3. The second-order valence-electron chi connectivity index (χ2n) is 5.55. The Morgan fingerprint density at radius 3 is 2.63 bits per heavy atom. The standard InChI is InChI=1S/C19H15ClN2O4S/c1-12(23)22(15-5-3-2-4-6-15)19-21-14(11-27-19)10-26-18(25)16-8-7-13(20)9-17(16)24/h2-9,11,24H,10H2,1H3. The molecule has 0 spiro atoms. The lowest BCUT2D eigenvalue weighted by molar-refractivity contribution is -0.115. The van der Waals surface area contributed by atoms with Gasteiger partial charge in [0.1, 0.15) is 17.9 Å². The molecular formula is C19H15ClN2O4S. The van der Waals surface area contributed by atoms with Gasteiger partial charge in [0, 0.05) is 17.3 Å². The number of nitrogens with zero attached hydrogens (tertiary/aromatic N) is 2. The molecule has 0 aliphatic carbocycles. The summed E-state index contributed by atoms with van der Waals surface area (Å²) in [7, 11) is 0. The van der Waals surface area contributed by atoms with Crippen molar-refractivity contribution in [1.29, 1.82) is 0 Å². The Hall–Kier alpha value is -2.90. The van der Waals surface area contributed by atoms with Crippen LogP contribution in [-0.4, -0.2) is 22.0 Å². The molecule has 138 valence electrons. The summed E-state index contributed by atoms with van der Waals surface area (Å²) in [5.41, 5.74) is 1.22. The molecule has 1 N–H and O–H groups in total. The van der Waals surface area contributed by atoms with Crippen LogP contribution in [0.1, 0.15) is 23.0 Å². The summed E-state index contributed by atoms with van der Waals surface area (Å²) in [6.07, 6.45) is 0. The number of aromatic nitrogens is 1. The third-order valence-electron chi connectivity index (χ3n) is 3.59. The first-order chi connectivity index (χ1) is 13.0. The molecule has 1 amide bonds. The first kappa shape index (κ1) is 18.9. The molecule has 3 rings (SSSR count). The number of thiazole rings is 1. The van der Waals surface area contributed by atoms with E-state index in [0.29, 0.717) is 21.5 Å². The lowest BCUT2D eigenvalue weighted by atomic mass is 10.2. The highest BCUT2D eigenvalue weighted by Gasteiger charge is 2.19. The number of aromatic hydroxyl groups is 1. The molecule has 27 heavy (non-hydrogen) atoms. The molecule has 0 aliphatic rings. The normalized spacial score (nSPS) is 10.4. The number of phenols is 1. The van der Waals surface area contributed by atoms with Gasteiger partial charge in [-0.3, -0.25) is 9.69 Å². The summed E-state index contributed by atoms with van der Waals surface area (Å²) < 4.78 is 5.19. The summed E-state index contributed by atoms with van der Waals surface area (Å²) in [5.74, 6) is -1.12. The average Bonchev–Trinajstić information content (AvgIpc) is 3.09. The maximum absolute atomic E-state index is 12.1. The average molecular weight is 403 g/mol. The van der Waals surface area contributed by atoms with Crippen LogP contribution in [0.3, 0.4) is 0 Å². The second kappa shape index (κ2) is 8.20. The van der Waals surface area contributed by atoms with Crippen molar-refractivity contribution in [2.24, 2.45) is 0 Å². The maximum Gasteiger partial charge on any atom is 0.342 e. The van der Waals surface area contributed by atoms with Crippen LogP contribution in [0, 0.1) is 0 Å². The highest BCUT2D eigenvalue weighted by atomic mass is 35.5. The summed E-state index contributed by atoms with van der Waals surface area (Å²) >= 11 is 7.02. The van der Waals surface area contributed by atoms with E-state index >= 15 is 0 Å². The molecule has 1 aromatic heterocycles. The van der Waals surface area contributed by atoms with E-state index in [1.165, 1.54) is 41.4 Å². The third-order valence-corrected chi connectivity index (χ3v) is 4.70. The van der Waals surface area contributed by atoms with E-state index in [-0.39, 0.29) is 23.8 Å². The first-order valence-corrected chi connectivity index (χ1v) is 9.17. The van der Waals surface area contributed by atoms with Gasteiger partial charge in [0.25, 0.3) is 0 Å². The first-order valence-electron chi connectivity index (χ1n) is 7.91. The van der Waals surface area contributed by atoms with Crippen LogP contribution >= 0.6 is 22.9 Å². The van der Waals surface area contributed by atoms with Crippen molar-refractivity contribution >= 4 is 45.6 Å². The van der Waals surface area contributed by atoms with E-state index in [2.05, 4.69) is 4.98 Å². The molecule has 8 heteroatoms. The fourth-order valence-corrected chi connectivity index (χ4v) is 3.40. The van der Waals surface area contributed by atoms with Gasteiger partial charge in [0.05, 0.1) is 11.4 Å². The highest BCUT2D eigenvalue weighted by molar-refractivity contribution is 7.14. The number of rotatable bonds is 5. The molecule has 0 aliphatic heterocycles. The molecule has 3 aromatic rings. The molecule has 0 bridgehead atoms. The molecule has 1 heterocycles. The Balaban J connectivity index is 1.72. The monoisotopic (exact) mass is 402 g/mol. The molecule has 6 nitrogen and oxygen atoms in total. The quantitative estimate of drug-likeness (QED) is 0.633. The largest absolute Gasteiger partial charge is 0.507 e. The van der Waals surface area contributed by atoms with Crippen molar-refractivity contribution in [3.05, 3.63) is 70.2 Å². The zero-order valence-corrected chi connectivity index (χ0v) is 15.8.